The normalized spacial score (nSPS) is 14.6. The molecule has 2 nitrogen and oxygen atoms in total. The Hall–Kier alpha value is -0.930. The van der Waals surface area contributed by atoms with Crippen molar-refractivity contribution in [2.75, 3.05) is 26.7 Å². The lowest BCUT2D eigenvalue weighted by atomic mass is 9.93. The molecule has 0 fully saturated rings. The molecule has 0 spiro atoms. The van der Waals surface area contributed by atoms with Crippen LogP contribution in [-0.2, 0) is 0 Å². The van der Waals surface area contributed by atoms with Crippen molar-refractivity contribution in [2.45, 2.75) is 33.2 Å². The Bertz CT molecular complexity index is 368. The molecule has 0 saturated carbocycles. The Labute approximate surface area is 117 Å². The van der Waals surface area contributed by atoms with Gasteiger partial charge in [-0.25, -0.2) is 4.39 Å². The van der Waals surface area contributed by atoms with Crippen LogP contribution in [0.5, 0.6) is 0 Å². The first-order chi connectivity index (χ1) is 9.13. The van der Waals surface area contributed by atoms with Gasteiger partial charge in [0.25, 0.3) is 0 Å². The molecule has 0 aliphatic carbocycles. The summed E-state index contributed by atoms with van der Waals surface area (Å²) in [5.74, 6) is 0.251. The van der Waals surface area contributed by atoms with E-state index in [2.05, 4.69) is 31.0 Å². The molecule has 2 unspecified atom stereocenters. The van der Waals surface area contributed by atoms with Gasteiger partial charge in [-0.05, 0) is 38.5 Å². The number of halogens is 1. The average Bonchev–Trinajstić information content (AvgIpc) is 2.41. The van der Waals surface area contributed by atoms with E-state index in [9.17, 15) is 4.39 Å². The molecule has 0 aromatic heterocycles. The Morgan fingerprint density at radius 2 is 1.95 bits per heavy atom. The molecule has 1 aromatic carbocycles. The van der Waals surface area contributed by atoms with Crippen molar-refractivity contribution in [1.29, 1.82) is 0 Å². The zero-order chi connectivity index (χ0) is 14.3. The predicted octanol–water partition coefficient (Wildman–Crippen LogP) is 3.45. The summed E-state index contributed by atoms with van der Waals surface area (Å²) in [5.41, 5.74) is 0.769. The Kier molecular flexibility index (Phi) is 7.03. The van der Waals surface area contributed by atoms with E-state index in [1.165, 1.54) is 6.07 Å². The van der Waals surface area contributed by atoms with E-state index in [4.69, 9.17) is 0 Å². The Morgan fingerprint density at radius 1 is 1.26 bits per heavy atom. The van der Waals surface area contributed by atoms with E-state index in [0.717, 1.165) is 31.6 Å². The van der Waals surface area contributed by atoms with Gasteiger partial charge in [-0.3, -0.25) is 0 Å². The maximum Gasteiger partial charge on any atom is 0.127 e. The molecule has 1 rings (SSSR count). The fraction of sp³-hybridized carbons (Fsp3) is 0.625. The highest BCUT2D eigenvalue weighted by atomic mass is 19.1. The van der Waals surface area contributed by atoms with E-state index >= 15 is 0 Å². The highest BCUT2D eigenvalue weighted by Gasteiger charge is 2.21. The van der Waals surface area contributed by atoms with Gasteiger partial charge in [0.1, 0.15) is 5.82 Å². The van der Waals surface area contributed by atoms with Crippen LogP contribution in [0.25, 0.3) is 0 Å². The molecule has 0 aliphatic heterocycles. The second-order valence-corrected chi connectivity index (χ2v) is 5.16. The highest BCUT2D eigenvalue weighted by Crippen LogP contribution is 2.24. The van der Waals surface area contributed by atoms with Gasteiger partial charge in [0.05, 0.1) is 0 Å². The standard InChI is InChI=1S/C16H27FN2/c1-5-11-19(6-2)12-13(3)16(18-4)14-9-7-8-10-15(14)17/h7-10,13,16,18H,5-6,11-12H2,1-4H3. The molecule has 0 amide bonds. The van der Waals surface area contributed by atoms with Crippen LogP contribution in [0, 0.1) is 11.7 Å². The summed E-state index contributed by atoms with van der Waals surface area (Å²) in [6.45, 7) is 9.70. The molecule has 0 bridgehead atoms. The van der Waals surface area contributed by atoms with Gasteiger partial charge in [0, 0.05) is 18.2 Å². The molecular formula is C16H27FN2. The van der Waals surface area contributed by atoms with Gasteiger partial charge in [-0.15, -0.1) is 0 Å². The van der Waals surface area contributed by atoms with Crippen molar-refractivity contribution in [3.63, 3.8) is 0 Å². The van der Waals surface area contributed by atoms with E-state index in [1.54, 1.807) is 6.07 Å². The number of benzene rings is 1. The fourth-order valence-electron chi connectivity index (χ4n) is 2.68. The van der Waals surface area contributed by atoms with Crippen molar-refractivity contribution in [2.24, 2.45) is 5.92 Å². The molecule has 0 saturated heterocycles. The van der Waals surface area contributed by atoms with E-state index in [1.807, 2.05) is 19.2 Å². The molecule has 0 heterocycles. The molecule has 108 valence electrons. The van der Waals surface area contributed by atoms with Crippen molar-refractivity contribution < 1.29 is 4.39 Å². The summed E-state index contributed by atoms with van der Waals surface area (Å²) in [4.78, 5) is 2.43. The predicted molar refractivity (Wildman–Crippen MR) is 79.8 cm³/mol. The number of hydrogen-bond donors (Lipinski definition) is 1. The maximum atomic E-state index is 13.9. The third-order valence-electron chi connectivity index (χ3n) is 3.65. The van der Waals surface area contributed by atoms with Crippen molar-refractivity contribution in [1.82, 2.24) is 10.2 Å². The summed E-state index contributed by atoms with van der Waals surface area (Å²) in [5, 5.41) is 3.26. The minimum atomic E-state index is -0.118. The minimum Gasteiger partial charge on any atom is -0.313 e. The molecule has 0 aliphatic rings. The average molecular weight is 266 g/mol. The third kappa shape index (κ3) is 4.59. The summed E-state index contributed by atoms with van der Waals surface area (Å²) >= 11 is 0. The number of nitrogens with one attached hydrogen (secondary N) is 1. The monoisotopic (exact) mass is 266 g/mol. The largest absolute Gasteiger partial charge is 0.313 e. The second kappa shape index (κ2) is 8.28. The van der Waals surface area contributed by atoms with Gasteiger partial charge in [-0.1, -0.05) is 39.0 Å². The molecule has 1 aromatic rings. The van der Waals surface area contributed by atoms with Crippen LogP contribution in [-0.4, -0.2) is 31.6 Å². The van der Waals surface area contributed by atoms with Crippen LogP contribution in [0.3, 0.4) is 0 Å². The molecule has 19 heavy (non-hydrogen) atoms. The zero-order valence-corrected chi connectivity index (χ0v) is 12.6. The van der Waals surface area contributed by atoms with Gasteiger partial charge >= 0.3 is 0 Å². The van der Waals surface area contributed by atoms with Gasteiger partial charge in [0.15, 0.2) is 0 Å². The van der Waals surface area contributed by atoms with Crippen LogP contribution in [0.4, 0.5) is 4.39 Å². The molecule has 2 atom stereocenters. The molecule has 3 heteroatoms. The van der Waals surface area contributed by atoms with E-state index < -0.39 is 0 Å². The highest BCUT2D eigenvalue weighted by molar-refractivity contribution is 5.21. The lowest BCUT2D eigenvalue weighted by molar-refractivity contribution is 0.221. The first kappa shape index (κ1) is 16.1. The topological polar surface area (TPSA) is 15.3 Å². The molecule has 1 N–H and O–H groups in total. The molecule has 0 radical (unpaired) electrons. The summed E-state index contributed by atoms with van der Waals surface area (Å²) < 4.78 is 13.9. The van der Waals surface area contributed by atoms with Crippen molar-refractivity contribution in [3.8, 4) is 0 Å². The lowest BCUT2D eigenvalue weighted by Crippen LogP contribution is -2.35. The summed E-state index contributed by atoms with van der Waals surface area (Å²) in [6.07, 6.45) is 1.16. The SMILES string of the molecule is CCCN(CC)CC(C)C(NC)c1ccccc1F. The molecular weight excluding hydrogens is 239 g/mol. The number of hydrogen-bond acceptors (Lipinski definition) is 2. The quantitative estimate of drug-likeness (QED) is 0.775. The van der Waals surface area contributed by atoms with E-state index in [-0.39, 0.29) is 11.9 Å². The summed E-state index contributed by atoms with van der Waals surface area (Å²) in [6, 6.07) is 7.12. The maximum absolute atomic E-state index is 13.9. The number of nitrogens with zero attached hydrogens (tertiary/aromatic N) is 1. The van der Waals surface area contributed by atoms with Crippen LogP contribution in [0.2, 0.25) is 0 Å². The minimum absolute atomic E-state index is 0.0621. The second-order valence-electron chi connectivity index (χ2n) is 5.16. The smallest absolute Gasteiger partial charge is 0.127 e. The van der Waals surface area contributed by atoms with Crippen LogP contribution in [0.15, 0.2) is 24.3 Å². The first-order valence-corrected chi connectivity index (χ1v) is 7.28. The van der Waals surface area contributed by atoms with Crippen LogP contribution in [0.1, 0.15) is 38.8 Å². The van der Waals surface area contributed by atoms with E-state index in [0.29, 0.717) is 5.92 Å². The fourth-order valence-corrected chi connectivity index (χ4v) is 2.68. The van der Waals surface area contributed by atoms with Crippen molar-refractivity contribution in [3.05, 3.63) is 35.6 Å². The van der Waals surface area contributed by atoms with Gasteiger partial charge in [0.2, 0.25) is 0 Å². The van der Waals surface area contributed by atoms with Crippen LogP contribution >= 0.6 is 0 Å². The van der Waals surface area contributed by atoms with Crippen LogP contribution < -0.4 is 5.32 Å². The first-order valence-electron chi connectivity index (χ1n) is 7.28. The zero-order valence-electron chi connectivity index (χ0n) is 12.6. The Balaban J connectivity index is 2.76. The number of rotatable bonds is 8. The van der Waals surface area contributed by atoms with Crippen molar-refractivity contribution >= 4 is 0 Å². The van der Waals surface area contributed by atoms with Gasteiger partial charge < -0.3 is 10.2 Å². The Morgan fingerprint density at radius 3 is 2.47 bits per heavy atom. The van der Waals surface area contributed by atoms with Gasteiger partial charge in [-0.2, -0.15) is 0 Å². The summed E-state index contributed by atoms with van der Waals surface area (Å²) in [7, 11) is 1.91. The third-order valence-corrected chi connectivity index (χ3v) is 3.65. The lowest BCUT2D eigenvalue weighted by Gasteiger charge is -2.30.